The Morgan fingerprint density at radius 1 is 0.933 bits per heavy atom. The van der Waals surface area contributed by atoms with Crippen molar-refractivity contribution in [2.24, 2.45) is 0 Å². The molecular weight excluding hydrogens is 243 g/mol. The largest absolute Gasteiger partial charge is 0.443 e. The third-order valence-corrected chi connectivity index (χ3v) is 1.16. The SMILES string of the molecule is CC(C)(Cl)OC(=O)CC(=O)OC(C)(C)Cl. The van der Waals surface area contributed by atoms with E-state index in [1.54, 1.807) is 0 Å². The monoisotopic (exact) mass is 256 g/mol. The molecule has 15 heavy (non-hydrogen) atoms. The predicted molar refractivity (Wildman–Crippen MR) is 56.7 cm³/mol. The molecule has 0 aromatic carbocycles. The molecule has 0 aromatic heterocycles. The Morgan fingerprint density at radius 2 is 1.20 bits per heavy atom. The lowest BCUT2D eigenvalue weighted by atomic mass is 10.4. The average molecular weight is 257 g/mol. The lowest BCUT2D eigenvalue weighted by Gasteiger charge is -2.19. The van der Waals surface area contributed by atoms with Crippen molar-refractivity contribution in [3.63, 3.8) is 0 Å². The smallest absolute Gasteiger partial charge is 0.318 e. The first-order valence-electron chi connectivity index (χ1n) is 4.31. The normalized spacial score (nSPS) is 12.1. The second kappa shape index (κ2) is 5.03. The van der Waals surface area contributed by atoms with Crippen molar-refractivity contribution < 1.29 is 19.1 Å². The number of alkyl halides is 2. The molecule has 88 valence electrons. The minimum Gasteiger partial charge on any atom is -0.443 e. The van der Waals surface area contributed by atoms with Gasteiger partial charge in [-0.2, -0.15) is 0 Å². The second-order valence-corrected chi connectivity index (χ2v) is 5.67. The van der Waals surface area contributed by atoms with Crippen LogP contribution in [0.5, 0.6) is 0 Å². The van der Waals surface area contributed by atoms with E-state index >= 15 is 0 Å². The molecule has 0 unspecified atom stereocenters. The summed E-state index contributed by atoms with van der Waals surface area (Å²) in [5.41, 5.74) is 0. The van der Waals surface area contributed by atoms with Crippen LogP contribution in [0.2, 0.25) is 0 Å². The molecule has 0 heterocycles. The number of hydrogen-bond acceptors (Lipinski definition) is 4. The zero-order valence-corrected chi connectivity index (χ0v) is 10.6. The van der Waals surface area contributed by atoms with Gasteiger partial charge in [-0.3, -0.25) is 9.59 Å². The molecule has 6 heteroatoms. The fraction of sp³-hybridized carbons (Fsp3) is 0.778. The van der Waals surface area contributed by atoms with Crippen LogP contribution in [-0.4, -0.2) is 22.1 Å². The highest BCUT2D eigenvalue weighted by atomic mass is 35.5. The van der Waals surface area contributed by atoms with E-state index in [0.29, 0.717) is 0 Å². The van der Waals surface area contributed by atoms with Crippen LogP contribution in [0.25, 0.3) is 0 Å². The fourth-order valence-corrected chi connectivity index (χ4v) is 0.904. The summed E-state index contributed by atoms with van der Waals surface area (Å²) < 4.78 is 9.41. The molecule has 0 atom stereocenters. The molecule has 0 saturated heterocycles. The van der Waals surface area contributed by atoms with Gasteiger partial charge in [-0.15, -0.1) is 0 Å². The standard InChI is InChI=1S/C9H14Cl2O4/c1-8(2,10)14-6(12)5-7(13)15-9(3,4)11/h5H2,1-4H3. The summed E-state index contributed by atoms with van der Waals surface area (Å²) in [4.78, 5) is 22.2. The predicted octanol–water partition coefficient (Wildman–Crippen LogP) is 2.41. The summed E-state index contributed by atoms with van der Waals surface area (Å²) in [5, 5.41) is -2.26. The number of carbonyl (C=O) groups excluding carboxylic acids is 2. The first-order valence-corrected chi connectivity index (χ1v) is 5.07. The van der Waals surface area contributed by atoms with Crippen molar-refractivity contribution >= 4 is 35.1 Å². The Kier molecular flexibility index (Phi) is 4.87. The van der Waals surface area contributed by atoms with Crippen LogP contribution in [0, 0.1) is 0 Å². The Bertz CT molecular complexity index is 224. The summed E-state index contributed by atoms with van der Waals surface area (Å²) >= 11 is 11.2. The van der Waals surface area contributed by atoms with Crippen LogP contribution in [-0.2, 0) is 19.1 Å². The van der Waals surface area contributed by atoms with E-state index in [1.165, 1.54) is 27.7 Å². The molecule has 0 spiro atoms. The van der Waals surface area contributed by atoms with E-state index in [2.05, 4.69) is 0 Å². The Labute approximate surface area is 98.8 Å². The van der Waals surface area contributed by atoms with E-state index < -0.39 is 28.5 Å². The summed E-state index contributed by atoms with van der Waals surface area (Å²) in [6.45, 7) is 5.96. The highest BCUT2D eigenvalue weighted by Gasteiger charge is 2.25. The lowest BCUT2D eigenvalue weighted by Crippen LogP contribution is -2.27. The molecule has 0 amide bonds. The van der Waals surface area contributed by atoms with Gasteiger partial charge in [0.05, 0.1) is 0 Å². The molecular formula is C9H14Cl2O4. The fourth-order valence-electron chi connectivity index (χ4n) is 0.731. The van der Waals surface area contributed by atoms with Crippen LogP contribution in [0.4, 0.5) is 0 Å². The van der Waals surface area contributed by atoms with Gasteiger partial charge in [0.15, 0.2) is 10.1 Å². The molecule has 0 aliphatic carbocycles. The zero-order chi connectivity index (χ0) is 12.3. The van der Waals surface area contributed by atoms with Gasteiger partial charge < -0.3 is 9.47 Å². The maximum absolute atomic E-state index is 11.1. The molecule has 0 aromatic rings. The van der Waals surface area contributed by atoms with Gasteiger partial charge in [0, 0.05) is 0 Å². The number of hydrogen-bond donors (Lipinski definition) is 0. The van der Waals surface area contributed by atoms with Gasteiger partial charge in [-0.05, 0) is 27.7 Å². The number of halogens is 2. The highest BCUT2D eigenvalue weighted by molar-refractivity contribution is 6.23. The molecule has 0 N–H and O–H groups in total. The van der Waals surface area contributed by atoms with Gasteiger partial charge in [0.2, 0.25) is 0 Å². The first-order chi connectivity index (χ1) is 6.49. The minimum absolute atomic E-state index is 0.508. The van der Waals surface area contributed by atoms with E-state index in [0.717, 1.165) is 0 Å². The number of carbonyl (C=O) groups is 2. The third kappa shape index (κ3) is 9.82. The van der Waals surface area contributed by atoms with Crippen molar-refractivity contribution in [1.29, 1.82) is 0 Å². The maximum atomic E-state index is 11.1. The maximum Gasteiger partial charge on any atom is 0.318 e. The first kappa shape index (κ1) is 14.5. The van der Waals surface area contributed by atoms with Crippen LogP contribution in [0.15, 0.2) is 0 Å². The number of esters is 2. The summed E-state index contributed by atoms with van der Waals surface area (Å²) in [6, 6.07) is 0. The summed E-state index contributed by atoms with van der Waals surface area (Å²) in [6.07, 6.45) is -0.508. The summed E-state index contributed by atoms with van der Waals surface area (Å²) in [7, 11) is 0. The molecule has 0 aliphatic heterocycles. The minimum atomic E-state index is -1.13. The molecule has 0 radical (unpaired) electrons. The van der Waals surface area contributed by atoms with E-state index in [4.69, 9.17) is 32.7 Å². The van der Waals surface area contributed by atoms with Crippen molar-refractivity contribution in [3.05, 3.63) is 0 Å². The molecule has 0 rings (SSSR count). The zero-order valence-electron chi connectivity index (χ0n) is 9.10. The Balaban J connectivity index is 4.04. The van der Waals surface area contributed by atoms with Crippen LogP contribution >= 0.6 is 23.2 Å². The molecule has 0 saturated carbocycles. The molecule has 4 nitrogen and oxygen atoms in total. The van der Waals surface area contributed by atoms with Gasteiger partial charge in [0.25, 0.3) is 0 Å². The van der Waals surface area contributed by atoms with E-state index in [1.807, 2.05) is 0 Å². The third-order valence-electron chi connectivity index (χ3n) is 1.00. The van der Waals surface area contributed by atoms with Crippen LogP contribution in [0.1, 0.15) is 34.1 Å². The average Bonchev–Trinajstić information content (AvgIpc) is 1.73. The highest BCUT2D eigenvalue weighted by Crippen LogP contribution is 2.17. The summed E-state index contributed by atoms with van der Waals surface area (Å²) in [5.74, 6) is -1.50. The van der Waals surface area contributed by atoms with Gasteiger partial charge in [-0.25, -0.2) is 0 Å². The van der Waals surface area contributed by atoms with Gasteiger partial charge in [0.1, 0.15) is 6.42 Å². The van der Waals surface area contributed by atoms with E-state index in [-0.39, 0.29) is 0 Å². The van der Waals surface area contributed by atoms with Crippen LogP contribution < -0.4 is 0 Å². The van der Waals surface area contributed by atoms with Crippen LogP contribution in [0.3, 0.4) is 0 Å². The Hall–Kier alpha value is -0.480. The number of rotatable bonds is 4. The lowest BCUT2D eigenvalue weighted by molar-refractivity contribution is -0.161. The topological polar surface area (TPSA) is 52.6 Å². The van der Waals surface area contributed by atoms with Crippen molar-refractivity contribution in [3.8, 4) is 0 Å². The number of ether oxygens (including phenoxy) is 2. The van der Waals surface area contributed by atoms with Gasteiger partial charge >= 0.3 is 11.9 Å². The molecule has 0 aliphatic rings. The van der Waals surface area contributed by atoms with Crippen molar-refractivity contribution in [2.45, 2.75) is 44.2 Å². The molecule has 0 fully saturated rings. The van der Waals surface area contributed by atoms with Crippen molar-refractivity contribution in [1.82, 2.24) is 0 Å². The quantitative estimate of drug-likeness (QED) is 0.441. The van der Waals surface area contributed by atoms with E-state index in [9.17, 15) is 9.59 Å². The Morgan fingerprint density at radius 3 is 1.40 bits per heavy atom. The van der Waals surface area contributed by atoms with Crippen molar-refractivity contribution in [2.75, 3.05) is 0 Å². The second-order valence-electron chi connectivity index (χ2n) is 3.85. The molecule has 0 bridgehead atoms. The van der Waals surface area contributed by atoms with Gasteiger partial charge in [-0.1, -0.05) is 23.2 Å².